The summed E-state index contributed by atoms with van der Waals surface area (Å²) < 4.78 is 38.1. The summed E-state index contributed by atoms with van der Waals surface area (Å²) in [5, 5.41) is 20.1. The largest absolute Gasteiger partial charge is 0.479 e. The highest BCUT2D eigenvalue weighted by Gasteiger charge is 2.58. The Morgan fingerprint density at radius 2 is 1.52 bits per heavy atom. The molecule has 0 bridgehead atoms. The Labute approximate surface area is 193 Å². The minimum atomic E-state index is -4.74. The van der Waals surface area contributed by atoms with E-state index in [1.807, 2.05) is 6.07 Å². The summed E-state index contributed by atoms with van der Waals surface area (Å²) in [4.78, 5) is 22.5. The van der Waals surface area contributed by atoms with Crippen LogP contribution in [0.5, 0.6) is 11.5 Å². The van der Waals surface area contributed by atoms with Crippen molar-refractivity contribution in [3.05, 3.63) is 54.6 Å². The second-order valence-corrected chi connectivity index (χ2v) is 10.7. The van der Waals surface area contributed by atoms with E-state index >= 15 is 0 Å². The summed E-state index contributed by atoms with van der Waals surface area (Å²) in [5.41, 5.74) is -0.999. The van der Waals surface area contributed by atoms with Crippen molar-refractivity contribution in [3.8, 4) is 11.5 Å². The minimum absolute atomic E-state index is 0.331. The quantitative estimate of drug-likeness (QED) is 0.586. The summed E-state index contributed by atoms with van der Waals surface area (Å²) in [6.45, 7) is 5.94. The van der Waals surface area contributed by atoms with Crippen molar-refractivity contribution in [1.82, 2.24) is 4.90 Å². The number of nitrogens with zero attached hydrogens (tertiary/aromatic N) is 1. The maximum absolute atomic E-state index is 13.6. The van der Waals surface area contributed by atoms with E-state index in [2.05, 4.69) is 0 Å². The van der Waals surface area contributed by atoms with Gasteiger partial charge in [0.25, 0.3) is 4.87 Å². The van der Waals surface area contributed by atoms with Gasteiger partial charge in [-0.2, -0.15) is 0 Å². The van der Waals surface area contributed by atoms with Crippen molar-refractivity contribution in [2.75, 3.05) is 7.05 Å². The van der Waals surface area contributed by atoms with Gasteiger partial charge in [0.15, 0.2) is 0 Å². The number of sulfone groups is 1. The Morgan fingerprint density at radius 1 is 1.00 bits per heavy atom. The second-order valence-electron chi connectivity index (χ2n) is 8.57. The molecule has 9 nitrogen and oxygen atoms in total. The van der Waals surface area contributed by atoms with Gasteiger partial charge in [-0.25, -0.2) is 18.0 Å². The first-order chi connectivity index (χ1) is 15.2. The van der Waals surface area contributed by atoms with E-state index in [9.17, 15) is 28.2 Å². The number of aliphatic hydroxyl groups excluding tert-OH is 1. The first kappa shape index (κ1) is 26.1. The zero-order valence-electron chi connectivity index (χ0n) is 19.2. The van der Waals surface area contributed by atoms with Gasteiger partial charge in [0.1, 0.15) is 17.1 Å². The number of aliphatic hydroxyl groups is 1. The van der Waals surface area contributed by atoms with Crippen LogP contribution in [0.2, 0.25) is 0 Å². The molecule has 0 aliphatic carbocycles. The van der Waals surface area contributed by atoms with Crippen LogP contribution in [-0.2, 0) is 19.4 Å². The van der Waals surface area contributed by atoms with Crippen molar-refractivity contribution in [2.24, 2.45) is 0 Å². The Bertz CT molecular complexity index is 1080. The minimum Gasteiger partial charge on any atom is -0.479 e. The highest BCUT2D eigenvalue weighted by Crippen LogP contribution is 2.36. The number of amides is 1. The topological polar surface area (TPSA) is 130 Å². The van der Waals surface area contributed by atoms with Crippen molar-refractivity contribution >= 4 is 21.9 Å². The monoisotopic (exact) mass is 479 g/mol. The van der Waals surface area contributed by atoms with Gasteiger partial charge in [-0.1, -0.05) is 18.2 Å². The highest BCUT2D eigenvalue weighted by atomic mass is 32.2. The second kappa shape index (κ2) is 9.80. The Balaban J connectivity index is 2.52. The van der Waals surface area contributed by atoms with E-state index < -0.39 is 44.9 Å². The lowest BCUT2D eigenvalue weighted by atomic mass is 10.1. The van der Waals surface area contributed by atoms with Crippen molar-refractivity contribution < 1.29 is 37.7 Å². The maximum Gasteiger partial charge on any atom is 0.411 e. The molecule has 10 heteroatoms. The lowest BCUT2D eigenvalue weighted by Gasteiger charge is -2.38. The average Bonchev–Trinajstić information content (AvgIpc) is 2.71. The molecule has 0 aliphatic rings. The lowest BCUT2D eigenvalue weighted by molar-refractivity contribution is -0.146. The number of carbonyl (C=O) groups is 2. The summed E-state index contributed by atoms with van der Waals surface area (Å²) in [7, 11) is -3.71. The van der Waals surface area contributed by atoms with E-state index in [4.69, 9.17) is 9.47 Å². The fourth-order valence-electron chi connectivity index (χ4n) is 3.16. The van der Waals surface area contributed by atoms with E-state index in [-0.39, 0.29) is 4.90 Å². The number of rotatable bonds is 8. The van der Waals surface area contributed by atoms with Crippen LogP contribution in [0, 0.1) is 0 Å². The van der Waals surface area contributed by atoms with E-state index in [0.717, 1.165) is 7.05 Å². The van der Waals surface area contributed by atoms with Gasteiger partial charge in [-0.15, -0.1) is 0 Å². The van der Waals surface area contributed by atoms with Gasteiger partial charge in [-0.3, -0.25) is 4.90 Å². The van der Waals surface area contributed by atoms with Crippen molar-refractivity contribution in [3.63, 3.8) is 0 Å². The highest BCUT2D eigenvalue weighted by molar-refractivity contribution is 7.93. The van der Waals surface area contributed by atoms with Crippen LogP contribution in [0.25, 0.3) is 0 Å². The fraction of sp³-hybridized carbons (Fsp3) is 0.391. The van der Waals surface area contributed by atoms with Crippen LogP contribution in [0.15, 0.2) is 59.5 Å². The number of likely N-dealkylation sites (N-methyl/N-ethyl adjacent to an activating group) is 1. The zero-order chi connectivity index (χ0) is 25.0. The summed E-state index contributed by atoms with van der Waals surface area (Å²) >= 11 is 0. The number of carboxylic acids is 1. The smallest absolute Gasteiger partial charge is 0.411 e. The summed E-state index contributed by atoms with van der Waals surface area (Å²) in [6, 6.07) is 13.9. The predicted molar refractivity (Wildman–Crippen MR) is 121 cm³/mol. The molecule has 180 valence electrons. The van der Waals surface area contributed by atoms with Gasteiger partial charge in [0.05, 0.1) is 11.0 Å². The van der Waals surface area contributed by atoms with Gasteiger partial charge in [0, 0.05) is 13.5 Å². The first-order valence-corrected chi connectivity index (χ1v) is 11.6. The number of benzene rings is 2. The Hall–Kier alpha value is -3.11. The van der Waals surface area contributed by atoms with Crippen LogP contribution < -0.4 is 4.74 Å². The molecule has 33 heavy (non-hydrogen) atoms. The van der Waals surface area contributed by atoms with Gasteiger partial charge >= 0.3 is 12.1 Å². The third-order valence-corrected chi connectivity index (χ3v) is 7.07. The zero-order valence-corrected chi connectivity index (χ0v) is 20.0. The molecule has 2 rings (SSSR count). The summed E-state index contributed by atoms with van der Waals surface area (Å²) in [5.74, 6) is -0.953. The molecule has 2 aromatic rings. The molecule has 0 spiro atoms. The van der Waals surface area contributed by atoms with Crippen LogP contribution in [0.1, 0.15) is 34.1 Å². The Morgan fingerprint density at radius 3 is 1.97 bits per heavy atom. The number of hydrogen-bond acceptors (Lipinski definition) is 7. The first-order valence-electron chi connectivity index (χ1n) is 10.2. The molecule has 0 aromatic heterocycles. The van der Waals surface area contributed by atoms with Crippen LogP contribution in [-0.4, -0.2) is 59.2 Å². The molecule has 0 aliphatic heterocycles. The van der Waals surface area contributed by atoms with Crippen LogP contribution in [0.3, 0.4) is 0 Å². The molecule has 2 N–H and O–H groups in total. The van der Waals surface area contributed by atoms with Crippen LogP contribution in [0.4, 0.5) is 4.79 Å². The summed E-state index contributed by atoms with van der Waals surface area (Å²) in [6.07, 6.45) is -3.29. The van der Waals surface area contributed by atoms with Gasteiger partial charge < -0.3 is 19.7 Å². The van der Waals surface area contributed by atoms with E-state index in [1.165, 1.54) is 31.2 Å². The maximum atomic E-state index is 13.6. The van der Waals surface area contributed by atoms with Crippen LogP contribution >= 0.6 is 0 Å². The number of ether oxygens (including phenoxy) is 2. The number of carbonyl (C=O) groups excluding carboxylic acids is 1. The molecule has 0 fully saturated rings. The number of aliphatic carboxylic acids is 1. The normalized spacial score (nSPS) is 14.6. The van der Waals surface area contributed by atoms with Gasteiger partial charge in [0.2, 0.25) is 9.84 Å². The third kappa shape index (κ3) is 5.82. The molecular formula is C23H29NO8S. The van der Waals surface area contributed by atoms with Crippen molar-refractivity contribution in [1.29, 1.82) is 0 Å². The molecule has 0 radical (unpaired) electrons. The number of para-hydroxylation sites is 1. The molecular weight excluding hydrogens is 450 g/mol. The lowest BCUT2D eigenvalue weighted by Crippen LogP contribution is -2.62. The standard InChI is InChI=1S/C23H29NO8S/c1-16(25)15-23(20(26)27,24(5)21(28)32-22(2,3)4)33(29,30)19-13-11-18(12-14-19)31-17-9-7-6-8-10-17/h6-14,16,25H,15H2,1-5H3,(H,26,27)/t16-,23?/m0/s1. The van der Waals surface area contributed by atoms with E-state index in [0.29, 0.717) is 16.4 Å². The fourth-order valence-corrected chi connectivity index (χ4v) is 5.17. The molecule has 2 aromatic carbocycles. The van der Waals surface area contributed by atoms with Gasteiger partial charge in [-0.05, 0) is 64.1 Å². The molecule has 1 amide bonds. The molecule has 0 heterocycles. The predicted octanol–water partition coefficient (Wildman–Crippen LogP) is 3.67. The number of hydrogen-bond donors (Lipinski definition) is 2. The third-order valence-electron chi connectivity index (χ3n) is 4.67. The number of carboxylic acid groups (broad SMARTS) is 1. The molecule has 1 unspecified atom stereocenters. The Kier molecular flexibility index (Phi) is 7.76. The van der Waals surface area contributed by atoms with Crippen molar-refractivity contribution in [2.45, 2.75) is 55.6 Å². The van der Waals surface area contributed by atoms with E-state index in [1.54, 1.807) is 45.0 Å². The molecule has 2 atom stereocenters. The molecule has 0 saturated carbocycles. The average molecular weight is 480 g/mol. The molecule has 0 saturated heterocycles. The SMILES string of the molecule is C[C@H](O)CC(C(=O)O)(N(C)C(=O)OC(C)(C)C)S(=O)(=O)c1ccc(Oc2ccccc2)cc1.